The van der Waals surface area contributed by atoms with Gasteiger partial charge in [0.1, 0.15) is 18.3 Å². The smallest absolute Gasteiger partial charge is 0.370 e. The van der Waals surface area contributed by atoms with Gasteiger partial charge in [-0.15, -0.1) is 0 Å². The van der Waals surface area contributed by atoms with Gasteiger partial charge in [0.2, 0.25) is 11.7 Å². The molecule has 8 heteroatoms. The number of aliphatic hydroxyl groups is 3. The number of amides is 1. The third-order valence-corrected chi connectivity index (χ3v) is 3.57. The van der Waals surface area contributed by atoms with Crippen LogP contribution < -0.4 is 5.32 Å². The number of hydrogen-bond donors (Lipinski definition) is 5. The molecule has 0 aromatic carbocycles. The summed E-state index contributed by atoms with van der Waals surface area (Å²) in [6, 6.07) is 0. The summed E-state index contributed by atoms with van der Waals surface area (Å²) in [6.45, 7) is 3.22. The lowest BCUT2D eigenvalue weighted by Gasteiger charge is -2.36. The second-order valence-electron chi connectivity index (χ2n) is 5.38. The van der Waals surface area contributed by atoms with E-state index in [1.54, 1.807) is 6.92 Å². The number of carboxylic acid groups (broad SMARTS) is 1. The predicted molar refractivity (Wildman–Crippen MR) is 75.7 cm³/mol. The highest BCUT2D eigenvalue weighted by molar-refractivity contribution is 5.84. The van der Waals surface area contributed by atoms with E-state index in [2.05, 4.69) is 5.32 Å². The predicted octanol–water partition coefficient (Wildman–Crippen LogP) is -1.01. The quantitative estimate of drug-likeness (QED) is 0.406. The van der Waals surface area contributed by atoms with Crippen LogP contribution >= 0.6 is 0 Å². The molecular formula is C14H23NO7. The summed E-state index contributed by atoms with van der Waals surface area (Å²) in [5, 5.41) is 41.2. The van der Waals surface area contributed by atoms with Gasteiger partial charge in [0.05, 0.1) is 6.10 Å². The molecule has 0 saturated heterocycles. The monoisotopic (exact) mass is 317 g/mol. The van der Waals surface area contributed by atoms with Crippen molar-refractivity contribution in [1.82, 2.24) is 5.32 Å². The molecule has 1 rings (SSSR count). The minimum absolute atomic E-state index is 0.186. The summed E-state index contributed by atoms with van der Waals surface area (Å²) < 4.78 is 5.15. The number of rotatable bonds is 7. The van der Waals surface area contributed by atoms with E-state index in [-0.39, 0.29) is 12.5 Å². The molecule has 0 radical (unpaired) electrons. The Kier molecular flexibility index (Phi) is 6.79. The maximum Gasteiger partial charge on any atom is 0.370 e. The van der Waals surface area contributed by atoms with Crippen LogP contribution in [-0.4, -0.2) is 63.3 Å². The van der Waals surface area contributed by atoms with E-state index in [0.717, 1.165) is 6.08 Å². The number of aliphatic carboxylic acids is 1. The zero-order valence-electron chi connectivity index (χ0n) is 12.6. The van der Waals surface area contributed by atoms with Gasteiger partial charge in [-0.2, -0.15) is 0 Å². The van der Waals surface area contributed by atoms with Gasteiger partial charge in [-0.1, -0.05) is 13.8 Å². The fourth-order valence-corrected chi connectivity index (χ4v) is 2.17. The van der Waals surface area contributed by atoms with Crippen molar-refractivity contribution in [2.75, 3.05) is 6.54 Å². The van der Waals surface area contributed by atoms with Crippen molar-refractivity contribution in [3.63, 3.8) is 0 Å². The van der Waals surface area contributed by atoms with Crippen molar-refractivity contribution in [3.05, 3.63) is 11.8 Å². The summed E-state index contributed by atoms with van der Waals surface area (Å²) in [4.78, 5) is 22.3. The maximum absolute atomic E-state index is 11.3. The van der Waals surface area contributed by atoms with E-state index in [9.17, 15) is 24.9 Å². The molecule has 1 amide bonds. The Labute approximate surface area is 128 Å². The number of carboxylic acids is 1. The summed E-state index contributed by atoms with van der Waals surface area (Å²) in [5.41, 5.74) is 0. The molecule has 1 aliphatic rings. The first-order chi connectivity index (χ1) is 10.3. The number of aliphatic hydroxyl groups excluding tert-OH is 3. The molecule has 0 aromatic heterocycles. The van der Waals surface area contributed by atoms with E-state index in [4.69, 9.17) is 9.84 Å². The molecule has 5 atom stereocenters. The average molecular weight is 317 g/mol. The average Bonchev–Trinajstić information content (AvgIpc) is 2.46. The van der Waals surface area contributed by atoms with Crippen LogP contribution in [0, 0.1) is 5.92 Å². The first-order valence-electron chi connectivity index (χ1n) is 7.20. The third-order valence-electron chi connectivity index (χ3n) is 3.57. The molecule has 0 saturated carbocycles. The summed E-state index contributed by atoms with van der Waals surface area (Å²) >= 11 is 0. The molecule has 1 aliphatic heterocycles. The fourth-order valence-electron chi connectivity index (χ4n) is 2.17. The van der Waals surface area contributed by atoms with E-state index >= 15 is 0 Å². The molecule has 0 fully saturated rings. The Balaban J connectivity index is 2.66. The van der Waals surface area contributed by atoms with Gasteiger partial charge < -0.3 is 30.5 Å². The molecule has 22 heavy (non-hydrogen) atoms. The van der Waals surface area contributed by atoms with E-state index in [1.165, 1.54) is 0 Å². The molecule has 0 aliphatic carbocycles. The van der Waals surface area contributed by atoms with Gasteiger partial charge in [-0.05, 0) is 12.5 Å². The van der Waals surface area contributed by atoms with Gasteiger partial charge in [0.25, 0.3) is 0 Å². The highest BCUT2D eigenvalue weighted by atomic mass is 16.5. The molecule has 0 bridgehead atoms. The first-order valence-corrected chi connectivity index (χ1v) is 7.20. The Hall–Kier alpha value is -1.64. The fraction of sp³-hybridized carbons (Fsp3) is 0.714. The van der Waals surface area contributed by atoms with Crippen LogP contribution in [-0.2, 0) is 14.3 Å². The molecule has 0 spiro atoms. The highest BCUT2D eigenvalue weighted by Gasteiger charge is 2.40. The summed E-state index contributed by atoms with van der Waals surface area (Å²) in [5.74, 6) is -2.71. The van der Waals surface area contributed by atoms with Crippen molar-refractivity contribution in [3.8, 4) is 0 Å². The largest absolute Gasteiger partial charge is 0.480 e. The highest BCUT2D eigenvalue weighted by Crippen LogP contribution is 2.27. The van der Waals surface area contributed by atoms with Crippen LogP contribution in [0.2, 0.25) is 0 Å². The SMILES string of the molecule is CCCC(=O)NCC(O)C(O)C1OC(C(=O)O)=C[C@@H](O)[C@H]1C. The number of ether oxygens (including phenoxy) is 1. The van der Waals surface area contributed by atoms with Crippen LogP contribution in [0.1, 0.15) is 26.7 Å². The second-order valence-corrected chi connectivity index (χ2v) is 5.38. The molecule has 5 N–H and O–H groups in total. The van der Waals surface area contributed by atoms with Crippen molar-refractivity contribution in [2.24, 2.45) is 5.92 Å². The lowest BCUT2D eigenvalue weighted by molar-refractivity contribution is -0.149. The Morgan fingerprint density at radius 3 is 2.59 bits per heavy atom. The second kappa shape index (κ2) is 8.11. The van der Waals surface area contributed by atoms with Crippen LogP contribution in [0.3, 0.4) is 0 Å². The minimum atomic E-state index is -1.45. The minimum Gasteiger partial charge on any atom is -0.480 e. The van der Waals surface area contributed by atoms with Crippen molar-refractivity contribution in [2.45, 2.75) is 51.1 Å². The maximum atomic E-state index is 11.3. The number of nitrogens with one attached hydrogen (secondary N) is 1. The van der Waals surface area contributed by atoms with Crippen LogP contribution in [0.5, 0.6) is 0 Å². The van der Waals surface area contributed by atoms with Crippen molar-refractivity contribution >= 4 is 11.9 Å². The normalized spacial score (nSPS) is 27.3. The van der Waals surface area contributed by atoms with Gasteiger partial charge >= 0.3 is 5.97 Å². The third kappa shape index (κ3) is 4.69. The van der Waals surface area contributed by atoms with Gasteiger partial charge in [0, 0.05) is 18.9 Å². The van der Waals surface area contributed by atoms with Crippen LogP contribution in [0.15, 0.2) is 11.8 Å². The molecule has 3 unspecified atom stereocenters. The van der Waals surface area contributed by atoms with Crippen LogP contribution in [0.25, 0.3) is 0 Å². The van der Waals surface area contributed by atoms with E-state index in [1.807, 2.05) is 6.92 Å². The van der Waals surface area contributed by atoms with Gasteiger partial charge in [-0.3, -0.25) is 4.79 Å². The van der Waals surface area contributed by atoms with Gasteiger partial charge in [-0.25, -0.2) is 4.79 Å². The number of hydrogen-bond acceptors (Lipinski definition) is 6. The number of carbonyl (C=O) groups is 2. The summed E-state index contributed by atoms with van der Waals surface area (Å²) in [6.07, 6.45) is -2.98. The van der Waals surface area contributed by atoms with Crippen molar-refractivity contribution in [1.29, 1.82) is 0 Å². The Bertz CT molecular complexity index is 437. The standard InChI is InChI=1S/C14H23NO7/c1-3-4-11(18)15-6-9(17)12(19)13-7(2)8(16)5-10(22-13)14(20)21/h5,7-9,12-13,16-17,19H,3-4,6H2,1-2H3,(H,15,18)(H,20,21)/t7-,8-,9?,12?,13?/m1/s1. The van der Waals surface area contributed by atoms with Gasteiger partial charge in [0.15, 0.2) is 0 Å². The molecule has 8 nitrogen and oxygen atoms in total. The summed E-state index contributed by atoms with van der Waals surface area (Å²) in [7, 11) is 0. The number of carbonyl (C=O) groups excluding carboxylic acids is 1. The molecule has 0 aromatic rings. The molecule has 126 valence electrons. The zero-order valence-corrected chi connectivity index (χ0v) is 12.6. The zero-order chi connectivity index (χ0) is 16.9. The lowest BCUT2D eigenvalue weighted by atomic mass is 9.89. The first kappa shape index (κ1) is 18.4. The van der Waals surface area contributed by atoms with E-state index < -0.39 is 42.1 Å². The van der Waals surface area contributed by atoms with Crippen LogP contribution in [0.4, 0.5) is 0 Å². The molecule has 1 heterocycles. The Morgan fingerprint density at radius 1 is 1.41 bits per heavy atom. The lowest BCUT2D eigenvalue weighted by Crippen LogP contribution is -2.51. The Morgan fingerprint density at radius 2 is 2.05 bits per heavy atom. The topological polar surface area (TPSA) is 136 Å². The molecular weight excluding hydrogens is 294 g/mol. The van der Waals surface area contributed by atoms with Crippen molar-refractivity contribution < 1.29 is 34.8 Å². The van der Waals surface area contributed by atoms with E-state index in [0.29, 0.717) is 12.8 Å².